The molecule has 21 heavy (non-hydrogen) atoms. The Labute approximate surface area is 131 Å². The van der Waals surface area contributed by atoms with Crippen LogP contribution < -0.4 is 4.74 Å². The summed E-state index contributed by atoms with van der Waals surface area (Å²) in [7, 11) is 1.53. The van der Waals surface area contributed by atoms with Gasteiger partial charge in [0.2, 0.25) is 0 Å². The predicted molar refractivity (Wildman–Crippen MR) is 80.0 cm³/mol. The third-order valence-electron chi connectivity index (χ3n) is 2.82. The van der Waals surface area contributed by atoms with Crippen LogP contribution in [0.25, 0.3) is 0 Å². The fourth-order valence-corrected chi connectivity index (χ4v) is 3.20. The Hall–Kier alpha value is -1.30. The van der Waals surface area contributed by atoms with Gasteiger partial charge in [0, 0.05) is 16.2 Å². The van der Waals surface area contributed by atoms with E-state index in [0.717, 1.165) is 0 Å². The molecule has 0 spiro atoms. The summed E-state index contributed by atoms with van der Waals surface area (Å²) >= 11 is 5.90. The van der Waals surface area contributed by atoms with Crippen molar-refractivity contribution in [2.24, 2.45) is 0 Å². The summed E-state index contributed by atoms with van der Waals surface area (Å²) in [6.07, 6.45) is 0. The lowest BCUT2D eigenvalue weighted by atomic mass is 10.2. The molecule has 3 nitrogen and oxygen atoms in total. The molecule has 0 aromatic heterocycles. The first kappa shape index (κ1) is 16.1. The monoisotopic (exact) mass is 348 g/mol. The van der Waals surface area contributed by atoms with E-state index in [4.69, 9.17) is 27.0 Å². The first-order valence-electron chi connectivity index (χ1n) is 5.89. The maximum atomic E-state index is 12.9. The van der Waals surface area contributed by atoms with Crippen molar-refractivity contribution in [2.75, 3.05) is 0 Å². The molecule has 0 radical (unpaired) electrons. The number of hydrogen-bond acceptors (Lipinski definition) is 3. The highest BCUT2D eigenvalue weighted by molar-refractivity contribution is 8.13. The van der Waals surface area contributed by atoms with E-state index in [-0.39, 0.29) is 16.5 Å². The average Bonchev–Trinajstić information content (AvgIpc) is 2.36. The molecule has 7 heteroatoms. The lowest BCUT2D eigenvalue weighted by Gasteiger charge is -2.10. The van der Waals surface area contributed by atoms with E-state index in [2.05, 4.69) is 0 Å². The molecule has 0 atom stereocenters. The van der Waals surface area contributed by atoms with Crippen LogP contribution in [0.4, 0.5) is 4.39 Å². The van der Waals surface area contributed by atoms with Gasteiger partial charge in [0.15, 0.2) is 0 Å². The van der Waals surface area contributed by atoms with Gasteiger partial charge in [0.1, 0.15) is 18.2 Å². The smallest absolute Gasteiger partial charge is 0.261 e. The van der Waals surface area contributed by atoms with Crippen LogP contribution in [0.1, 0.15) is 11.1 Å². The maximum Gasteiger partial charge on any atom is 0.261 e. The summed E-state index contributed by atoms with van der Waals surface area (Å²) < 4.78 is 41.0. The quantitative estimate of drug-likeness (QED) is 0.774. The van der Waals surface area contributed by atoms with Gasteiger partial charge >= 0.3 is 0 Å². The van der Waals surface area contributed by atoms with E-state index in [1.807, 2.05) is 0 Å². The van der Waals surface area contributed by atoms with Crippen molar-refractivity contribution in [2.45, 2.75) is 18.4 Å². The normalized spacial score (nSPS) is 11.4. The van der Waals surface area contributed by atoms with E-state index < -0.39 is 14.9 Å². The Bertz CT molecular complexity index is 776. The topological polar surface area (TPSA) is 43.4 Å². The van der Waals surface area contributed by atoms with Crippen LogP contribution in [-0.2, 0) is 15.7 Å². The van der Waals surface area contributed by atoms with Crippen LogP contribution in [0.5, 0.6) is 5.75 Å². The Morgan fingerprint density at radius 1 is 1.19 bits per heavy atom. The van der Waals surface area contributed by atoms with Crippen molar-refractivity contribution in [3.8, 4) is 5.75 Å². The SMILES string of the molecule is Cc1cc(OCc2ccc(F)cc2Cl)ccc1S(=O)(=O)Cl. The molecule has 0 aliphatic rings. The highest BCUT2D eigenvalue weighted by Gasteiger charge is 2.14. The zero-order valence-corrected chi connectivity index (χ0v) is 13.3. The lowest BCUT2D eigenvalue weighted by molar-refractivity contribution is 0.305. The fraction of sp³-hybridized carbons (Fsp3) is 0.143. The molecular weight excluding hydrogens is 338 g/mol. The molecule has 0 amide bonds. The first-order valence-corrected chi connectivity index (χ1v) is 8.58. The van der Waals surface area contributed by atoms with Crippen LogP contribution in [0, 0.1) is 12.7 Å². The molecule has 0 N–H and O–H groups in total. The number of halogens is 3. The van der Waals surface area contributed by atoms with Gasteiger partial charge in [-0.05, 0) is 42.8 Å². The molecule has 2 aromatic carbocycles. The number of rotatable bonds is 4. The van der Waals surface area contributed by atoms with E-state index in [1.54, 1.807) is 13.0 Å². The minimum atomic E-state index is -3.77. The van der Waals surface area contributed by atoms with Crippen LogP contribution in [0.2, 0.25) is 5.02 Å². The molecule has 0 saturated heterocycles. The summed E-state index contributed by atoms with van der Waals surface area (Å²) in [5.74, 6) is 0.0493. The Morgan fingerprint density at radius 2 is 1.90 bits per heavy atom. The van der Waals surface area contributed by atoms with Gasteiger partial charge in [-0.2, -0.15) is 0 Å². The van der Waals surface area contributed by atoms with Gasteiger partial charge in [-0.25, -0.2) is 12.8 Å². The molecular formula is C14H11Cl2FO3S. The van der Waals surface area contributed by atoms with Gasteiger partial charge < -0.3 is 4.74 Å². The molecule has 2 aromatic rings. The lowest BCUT2D eigenvalue weighted by Crippen LogP contribution is -1.99. The van der Waals surface area contributed by atoms with Gasteiger partial charge in [0.25, 0.3) is 9.05 Å². The van der Waals surface area contributed by atoms with Gasteiger partial charge in [-0.3, -0.25) is 0 Å². The zero-order valence-electron chi connectivity index (χ0n) is 10.9. The van der Waals surface area contributed by atoms with Crippen LogP contribution in [0.15, 0.2) is 41.3 Å². The number of ether oxygens (including phenoxy) is 1. The summed E-state index contributed by atoms with van der Waals surface area (Å²) in [5, 5.41) is 0.270. The van der Waals surface area contributed by atoms with Crippen molar-refractivity contribution >= 4 is 31.3 Å². The summed E-state index contributed by atoms with van der Waals surface area (Å²) in [6, 6.07) is 8.46. The zero-order chi connectivity index (χ0) is 15.6. The molecule has 0 aliphatic carbocycles. The Balaban J connectivity index is 2.16. The highest BCUT2D eigenvalue weighted by atomic mass is 35.7. The second kappa shape index (κ2) is 6.22. The van der Waals surface area contributed by atoms with Crippen molar-refractivity contribution < 1.29 is 17.5 Å². The second-order valence-electron chi connectivity index (χ2n) is 4.39. The molecule has 0 aliphatic heterocycles. The van der Waals surface area contributed by atoms with Gasteiger partial charge in [-0.15, -0.1) is 0 Å². The van der Waals surface area contributed by atoms with Crippen molar-refractivity contribution in [1.82, 2.24) is 0 Å². The number of hydrogen-bond donors (Lipinski definition) is 0. The maximum absolute atomic E-state index is 12.9. The molecule has 0 bridgehead atoms. The number of benzene rings is 2. The minimum Gasteiger partial charge on any atom is -0.489 e. The van der Waals surface area contributed by atoms with Crippen molar-refractivity contribution in [3.05, 3.63) is 58.4 Å². The Morgan fingerprint density at radius 3 is 2.48 bits per heavy atom. The van der Waals surface area contributed by atoms with Crippen LogP contribution >= 0.6 is 22.3 Å². The number of aryl methyl sites for hydroxylation is 1. The molecule has 0 fully saturated rings. The standard InChI is InChI=1S/C14H11Cl2FO3S/c1-9-6-12(4-5-14(9)21(16,18)19)20-8-10-2-3-11(17)7-13(10)15/h2-7H,8H2,1H3. The minimum absolute atomic E-state index is 0.0383. The molecule has 112 valence electrons. The largest absolute Gasteiger partial charge is 0.489 e. The molecule has 2 rings (SSSR count). The van der Waals surface area contributed by atoms with E-state index in [1.165, 1.54) is 30.3 Å². The van der Waals surface area contributed by atoms with Crippen LogP contribution in [-0.4, -0.2) is 8.42 Å². The summed E-state index contributed by atoms with van der Waals surface area (Å²) in [5.41, 5.74) is 1.11. The molecule has 0 unspecified atom stereocenters. The average molecular weight is 349 g/mol. The van der Waals surface area contributed by atoms with E-state index in [0.29, 0.717) is 16.9 Å². The first-order chi connectivity index (χ1) is 9.77. The van der Waals surface area contributed by atoms with E-state index >= 15 is 0 Å². The van der Waals surface area contributed by atoms with Crippen molar-refractivity contribution in [1.29, 1.82) is 0 Å². The highest BCUT2D eigenvalue weighted by Crippen LogP contribution is 2.25. The van der Waals surface area contributed by atoms with E-state index in [9.17, 15) is 12.8 Å². The summed E-state index contributed by atoms with van der Waals surface area (Å²) in [6.45, 7) is 1.76. The Kier molecular flexibility index (Phi) is 4.76. The molecule has 0 heterocycles. The summed E-state index contributed by atoms with van der Waals surface area (Å²) in [4.78, 5) is 0.0383. The van der Waals surface area contributed by atoms with Gasteiger partial charge in [0.05, 0.1) is 9.92 Å². The fourth-order valence-electron chi connectivity index (χ4n) is 1.79. The predicted octanol–water partition coefficient (Wildman–Crippen LogP) is 4.29. The third-order valence-corrected chi connectivity index (χ3v) is 4.65. The molecule has 0 saturated carbocycles. The van der Waals surface area contributed by atoms with Crippen LogP contribution in [0.3, 0.4) is 0 Å². The van der Waals surface area contributed by atoms with Crippen molar-refractivity contribution in [3.63, 3.8) is 0 Å². The van der Waals surface area contributed by atoms with Gasteiger partial charge in [-0.1, -0.05) is 17.7 Å². The third kappa shape index (κ3) is 4.09. The second-order valence-corrected chi connectivity index (χ2v) is 7.33.